The van der Waals surface area contributed by atoms with E-state index >= 15 is 0 Å². The van der Waals surface area contributed by atoms with E-state index in [9.17, 15) is 4.79 Å². The second kappa shape index (κ2) is 6.19. The van der Waals surface area contributed by atoms with Gasteiger partial charge in [0.15, 0.2) is 11.5 Å². The molecule has 120 valence electrons. The molecule has 1 saturated carbocycles. The third-order valence-electron chi connectivity index (χ3n) is 4.97. The van der Waals surface area contributed by atoms with Crippen molar-refractivity contribution in [3.63, 3.8) is 0 Å². The molecule has 4 nitrogen and oxygen atoms in total. The molecule has 1 amide bonds. The van der Waals surface area contributed by atoms with Crippen molar-refractivity contribution in [2.75, 3.05) is 6.79 Å². The van der Waals surface area contributed by atoms with Gasteiger partial charge in [0.2, 0.25) is 6.79 Å². The van der Waals surface area contributed by atoms with Gasteiger partial charge < -0.3 is 14.8 Å². The van der Waals surface area contributed by atoms with E-state index in [1.807, 2.05) is 0 Å². The van der Waals surface area contributed by atoms with Gasteiger partial charge in [0.1, 0.15) is 0 Å². The van der Waals surface area contributed by atoms with Crippen LogP contribution in [-0.2, 0) is 0 Å². The first-order valence-corrected chi connectivity index (χ1v) is 8.25. The molecule has 0 bridgehead atoms. The number of rotatable bonds is 3. The van der Waals surface area contributed by atoms with Gasteiger partial charge in [-0.1, -0.05) is 27.2 Å². The van der Waals surface area contributed by atoms with E-state index in [4.69, 9.17) is 9.47 Å². The van der Waals surface area contributed by atoms with Crippen LogP contribution in [0.1, 0.15) is 50.4 Å². The number of carbonyl (C=O) groups excluding carboxylic acids is 1. The van der Waals surface area contributed by atoms with E-state index in [-0.39, 0.29) is 18.7 Å². The number of fused-ring (bicyclic) bond motifs is 1. The third kappa shape index (κ3) is 3.06. The summed E-state index contributed by atoms with van der Waals surface area (Å²) in [7, 11) is 0. The maximum atomic E-state index is 12.6. The number of hydrogen-bond donors (Lipinski definition) is 1. The lowest BCUT2D eigenvalue weighted by molar-refractivity contribution is 0.0867. The SMILES string of the molecule is CC1CC[C@@H](C(C)C)[C@@H](NC(=O)c2ccc3c(c2)OCO3)C1. The Kier molecular flexibility index (Phi) is 4.27. The van der Waals surface area contributed by atoms with Crippen molar-refractivity contribution in [3.8, 4) is 11.5 Å². The van der Waals surface area contributed by atoms with Crippen LogP contribution in [0.25, 0.3) is 0 Å². The van der Waals surface area contributed by atoms with Crippen molar-refractivity contribution >= 4 is 5.91 Å². The molecule has 1 N–H and O–H groups in total. The van der Waals surface area contributed by atoms with E-state index in [0.29, 0.717) is 34.8 Å². The van der Waals surface area contributed by atoms with Crippen molar-refractivity contribution in [3.05, 3.63) is 23.8 Å². The minimum absolute atomic E-state index is 0.0111. The summed E-state index contributed by atoms with van der Waals surface area (Å²) < 4.78 is 10.6. The van der Waals surface area contributed by atoms with E-state index in [0.717, 1.165) is 6.42 Å². The van der Waals surface area contributed by atoms with Crippen molar-refractivity contribution in [1.82, 2.24) is 5.32 Å². The van der Waals surface area contributed by atoms with Gasteiger partial charge in [0.05, 0.1) is 0 Å². The number of carbonyl (C=O) groups is 1. The highest BCUT2D eigenvalue weighted by molar-refractivity contribution is 5.95. The van der Waals surface area contributed by atoms with Crippen molar-refractivity contribution in [2.24, 2.45) is 17.8 Å². The highest BCUT2D eigenvalue weighted by atomic mass is 16.7. The van der Waals surface area contributed by atoms with Crippen LogP contribution in [0.3, 0.4) is 0 Å². The molecule has 1 unspecified atom stereocenters. The number of ether oxygens (including phenoxy) is 2. The largest absolute Gasteiger partial charge is 0.454 e. The van der Waals surface area contributed by atoms with Gasteiger partial charge >= 0.3 is 0 Å². The second-order valence-corrected chi connectivity index (χ2v) is 6.97. The van der Waals surface area contributed by atoms with E-state index in [2.05, 4.69) is 26.1 Å². The summed E-state index contributed by atoms with van der Waals surface area (Å²) in [5.74, 6) is 3.19. The van der Waals surface area contributed by atoms with Crippen LogP contribution < -0.4 is 14.8 Å². The lowest BCUT2D eigenvalue weighted by Crippen LogP contribution is -2.45. The predicted octanol–water partition coefficient (Wildman–Crippen LogP) is 3.61. The molecule has 0 aromatic heterocycles. The van der Waals surface area contributed by atoms with Crippen LogP contribution in [0.5, 0.6) is 11.5 Å². The Morgan fingerprint density at radius 1 is 1.23 bits per heavy atom. The molecule has 3 atom stereocenters. The molecule has 4 heteroatoms. The van der Waals surface area contributed by atoms with Crippen LogP contribution in [0.2, 0.25) is 0 Å². The molecule has 0 radical (unpaired) electrons. The van der Waals surface area contributed by atoms with Gasteiger partial charge in [0.25, 0.3) is 5.91 Å². The molecule has 1 aliphatic carbocycles. The highest BCUT2D eigenvalue weighted by Crippen LogP contribution is 2.35. The summed E-state index contributed by atoms with van der Waals surface area (Å²) in [5, 5.41) is 3.25. The average Bonchev–Trinajstić information content (AvgIpc) is 2.94. The Hall–Kier alpha value is -1.71. The Labute approximate surface area is 132 Å². The number of benzene rings is 1. The fourth-order valence-corrected chi connectivity index (χ4v) is 3.66. The van der Waals surface area contributed by atoms with Crippen molar-refractivity contribution in [1.29, 1.82) is 0 Å². The first-order valence-electron chi connectivity index (χ1n) is 8.25. The first kappa shape index (κ1) is 15.2. The van der Waals surface area contributed by atoms with Crippen molar-refractivity contribution < 1.29 is 14.3 Å². The molecule has 0 spiro atoms. The van der Waals surface area contributed by atoms with Gasteiger partial charge in [-0.3, -0.25) is 4.79 Å². The Morgan fingerprint density at radius 3 is 2.77 bits per heavy atom. The number of nitrogens with one attached hydrogen (secondary N) is 1. The van der Waals surface area contributed by atoms with Gasteiger partial charge in [0, 0.05) is 11.6 Å². The molecular weight excluding hydrogens is 278 g/mol. The van der Waals surface area contributed by atoms with Gasteiger partial charge in [-0.2, -0.15) is 0 Å². The summed E-state index contributed by atoms with van der Waals surface area (Å²) in [4.78, 5) is 12.6. The summed E-state index contributed by atoms with van der Waals surface area (Å²) in [6, 6.07) is 5.65. The standard InChI is InChI=1S/C18H25NO3/c1-11(2)14-6-4-12(3)8-15(14)19-18(20)13-5-7-16-17(9-13)22-10-21-16/h5,7,9,11-12,14-15H,4,6,8,10H2,1-3H3,(H,19,20)/t12?,14-,15-/m0/s1. The molecular formula is C18H25NO3. The fraction of sp³-hybridized carbons (Fsp3) is 0.611. The highest BCUT2D eigenvalue weighted by Gasteiger charge is 2.32. The van der Waals surface area contributed by atoms with Crippen LogP contribution in [0.15, 0.2) is 18.2 Å². The van der Waals surface area contributed by atoms with Crippen LogP contribution in [0.4, 0.5) is 0 Å². The number of amides is 1. The molecule has 1 aliphatic heterocycles. The van der Waals surface area contributed by atoms with Gasteiger partial charge in [-0.05, 0) is 48.8 Å². The predicted molar refractivity (Wildman–Crippen MR) is 85.2 cm³/mol. The molecule has 1 aromatic rings. The first-order chi connectivity index (χ1) is 10.5. The van der Waals surface area contributed by atoms with Crippen LogP contribution in [-0.4, -0.2) is 18.7 Å². The van der Waals surface area contributed by atoms with E-state index < -0.39 is 0 Å². The minimum Gasteiger partial charge on any atom is -0.454 e. The molecule has 1 fully saturated rings. The van der Waals surface area contributed by atoms with Gasteiger partial charge in [-0.15, -0.1) is 0 Å². The quantitative estimate of drug-likeness (QED) is 0.928. The third-order valence-corrected chi connectivity index (χ3v) is 4.97. The second-order valence-electron chi connectivity index (χ2n) is 6.97. The average molecular weight is 303 g/mol. The van der Waals surface area contributed by atoms with E-state index in [1.54, 1.807) is 18.2 Å². The summed E-state index contributed by atoms with van der Waals surface area (Å²) >= 11 is 0. The van der Waals surface area contributed by atoms with Crippen LogP contribution in [0, 0.1) is 17.8 Å². The molecule has 2 aliphatic rings. The Morgan fingerprint density at radius 2 is 2.00 bits per heavy atom. The maximum Gasteiger partial charge on any atom is 0.251 e. The molecule has 0 saturated heterocycles. The van der Waals surface area contributed by atoms with E-state index in [1.165, 1.54) is 12.8 Å². The zero-order valence-corrected chi connectivity index (χ0v) is 13.6. The number of hydrogen-bond acceptors (Lipinski definition) is 3. The van der Waals surface area contributed by atoms with Crippen LogP contribution >= 0.6 is 0 Å². The molecule has 1 heterocycles. The minimum atomic E-state index is -0.0111. The van der Waals surface area contributed by atoms with Crippen molar-refractivity contribution in [2.45, 2.75) is 46.1 Å². The lowest BCUT2D eigenvalue weighted by Gasteiger charge is -2.37. The zero-order valence-electron chi connectivity index (χ0n) is 13.6. The molecule has 3 rings (SSSR count). The topological polar surface area (TPSA) is 47.6 Å². The smallest absolute Gasteiger partial charge is 0.251 e. The lowest BCUT2D eigenvalue weighted by atomic mass is 9.74. The van der Waals surface area contributed by atoms with Gasteiger partial charge in [-0.25, -0.2) is 0 Å². The Bertz CT molecular complexity index is 555. The fourth-order valence-electron chi connectivity index (χ4n) is 3.66. The molecule has 1 aromatic carbocycles. The normalized spacial score (nSPS) is 27.0. The summed E-state index contributed by atoms with van der Waals surface area (Å²) in [5.41, 5.74) is 0.644. The Balaban J connectivity index is 1.72. The summed E-state index contributed by atoms with van der Waals surface area (Å²) in [6.07, 6.45) is 3.53. The maximum absolute atomic E-state index is 12.6. The molecule has 22 heavy (non-hydrogen) atoms. The zero-order chi connectivity index (χ0) is 15.7. The monoisotopic (exact) mass is 303 g/mol. The summed E-state index contributed by atoms with van der Waals surface area (Å²) in [6.45, 7) is 7.01.